The Kier molecular flexibility index (Phi) is 7.33. The molecule has 0 aromatic heterocycles. The van der Waals surface area contributed by atoms with Crippen molar-refractivity contribution < 1.29 is 24.0 Å². The minimum Gasteiger partial charge on any atom is -0.454 e. The number of benzene rings is 1. The highest BCUT2D eigenvalue weighted by Gasteiger charge is 2.29. The number of nitrogens with one attached hydrogen (secondary N) is 1. The van der Waals surface area contributed by atoms with Gasteiger partial charge >= 0.3 is 5.97 Å². The molecule has 1 fully saturated rings. The van der Waals surface area contributed by atoms with Gasteiger partial charge in [0.25, 0.3) is 17.5 Å². The number of nitrogens with zero attached hydrogens (tertiary/aromatic N) is 2. The van der Waals surface area contributed by atoms with Crippen molar-refractivity contribution in [3.05, 3.63) is 38.9 Å². The van der Waals surface area contributed by atoms with Gasteiger partial charge in [-0.25, -0.2) is 0 Å². The maximum atomic E-state index is 12.3. The summed E-state index contributed by atoms with van der Waals surface area (Å²) >= 11 is 5.70. The van der Waals surface area contributed by atoms with Crippen molar-refractivity contribution in [3.63, 3.8) is 0 Å². The van der Waals surface area contributed by atoms with E-state index in [1.807, 2.05) is 13.8 Å². The van der Waals surface area contributed by atoms with Crippen LogP contribution in [0.4, 0.5) is 5.69 Å². The Morgan fingerprint density at radius 2 is 1.93 bits per heavy atom. The molecule has 152 valence electrons. The van der Waals surface area contributed by atoms with Crippen LogP contribution in [0.25, 0.3) is 0 Å². The van der Waals surface area contributed by atoms with Crippen LogP contribution in [0.2, 0.25) is 5.02 Å². The predicted molar refractivity (Wildman–Crippen MR) is 101 cm³/mol. The fourth-order valence-corrected chi connectivity index (χ4v) is 3.42. The molecule has 0 spiro atoms. The van der Waals surface area contributed by atoms with Gasteiger partial charge in [-0.3, -0.25) is 24.5 Å². The van der Waals surface area contributed by atoms with Crippen LogP contribution in [-0.2, 0) is 14.3 Å². The maximum absolute atomic E-state index is 12.3. The predicted octanol–water partition coefficient (Wildman–Crippen LogP) is 2.31. The number of esters is 1. The van der Waals surface area contributed by atoms with Crippen LogP contribution in [0.15, 0.2) is 18.2 Å². The first-order chi connectivity index (χ1) is 13.2. The Hall–Kier alpha value is -2.68. The average Bonchev–Trinajstić information content (AvgIpc) is 2.64. The summed E-state index contributed by atoms with van der Waals surface area (Å²) < 4.78 is 4.95. The summed E-state index contributed by atoms with van der Waals surface area (Å²) in [6.45, 7) is 3.06. The van der Waals surface area contributed by atoms with Gasteiger partial charge in [0.05, 0.1) is 4.92 Å². The molecule has 0 bridgehead atoms. The SMILES string of the molecule is C[C@@H]1CCC[C@@H](C)N1C(=O)COC(=O)CNC(=O)c1ccc(Cl)c([N+](=O)[O-])c1. The van der Waals surface area contributed by atoms with Gasteiger partial charge in [0.2, 0.25) is 0 Å². The molecule has 0 unspecified atom stereocenters. The summed E-state index contributed by atoms with van der Waals surface area (Å²) in [5.74, 6) is -1.74. The number of halogens is 1. The van der Waals surface area contributed by atoms with E-state index in [0.29, 0.717) is 0 Å². The Morgan fingerprint density at radius 1 is 1.29 bits per heavy atom. The normalized spacial score (nSPS) is 19.0. The van der Waals surface area contributed by atoms with Gasteiger partial charge in [-0.05, 0) is 45.2 Å². The van der Waals surface area contributed by atoms with Gasteiger partial charge in [-0.2, -0.15) is 0 Å². The summed E-state index contributed by atoms with van der Waals surface area (Å²) in [6.07, 6.45) is 2.88. The molecule has 1 aliphatic heterocycles. The fraction of sp³-hybridized carbons (Fsp3) is 0.500. The first kappa shape index (κ1) is 21.6. The van der Waals surface area contributed by atoms with Gasteiger partial charge in [-0.1, -0.05) is 11.6 Å². The molecule has 1 heterocycles. The van der Waals surface area contributed by atoms with Gasteiger partial charge in [-0.15, -0.1) is 0 Å². The van der Waals surface area contributed by atoms with Crippen LogP contribution in [-0.4, -0.2) is 52.8 Å². The van der Waals surface area contributed by atoms with E-state index >= 15 is 0 Å². The topological polar surface area (TPSA) is 119 Å². The lowest BCUT2D eigenvalue weighted by atomic mass is 9.97. The average molecular weight is 412 g/mol. The number of likely N-dealkylation sites (tertiary alicyclic amines) is 1. The Bertz CT molecular complexity index is 775. The number of hydrogen-bond acceptors (Lipinski definition) is 6. The van der Waals surface area contributed by atoms with E-state index in [-0.39, 0.29) is 28.6 Å². The smallest absolute Gasteiger partial charge is 0.325 e. The number of nitro benzene ring substituents is 1. The largest absolute Gasteiger partial charge is 0.454 e. The van der Waals surface area contributed by atoms with Crippen molar-refractivity contribution in [2.45, 2.75) is 45.2 Å². The maximum Gasteiger partial charge on any atom is 0.325 e. The molecule has 0 saturated carbocycles. The minimum absolute atomic E-state index is 0.0176. The Labute approximate surface area is 167 Å². The number of carbonyl (C=O) groups is 3. The molecule has 1 saturated heterocycles. The Balaban J connectivity index is 1.84. The van der Waals surface area contributed by atoms with Crippen molar-refractivity contribution in [3.8, 4) is 0 Å². The number of rotatable bonds is 6. The second-order valence-corrected chi connectivity index (χ2v) is 7.10. The lowest BCUT2D eigenvalue weighted by Crippen LogP contribution is -2.49. The van der Waals surface area contributed by atoms with E-state index in [1.54, 1.807) is 4.90 Å². The number of amides is 2. The summed E-state index contributed by atoms with van der Waals surface area (Å²) in [6, 6.07) is 3.74. The van der Waals surface area contributed by atoms with Crippen molar-refractivity contribution in [2.75, 3.05) is 13.2 Å². The summed E-state index contributed by atoms with van der Waals surface area (Å²) in [5.41, 5.74) is -0.428. The minimum atomic E-state index is -0.775. The summed E-state index contributed by atoms with van der Waals surface area (Å²) in [5, 5.41) is 13.1. The second kappa shape index (κ2) is 9.50. The van der Waals surface area contributed by atoms with Crippen molar-refractivity contribution in [2.24, 2.45) is 0 Å². The molecule has 0 aliphatic carbocycles. The third-order valence-electron chi connectivity index (χ3n) is 4.64. The number of piperidine rings is 1. The van der Waals surface area contributed by atoms with Gasteiger partial charge in [0.15, 0.2) is 6.61 Å². The van der Waals surface area contributed by atoms with Gasteiger partial charge in [0, 0.05) is 23.7 Å². The number of ether oxygens (including phenoxy) is 1. The fourth-order valence-electron chi connectivity index (χ4n) is 3.23. The molecule has 2 amide bonds. The molecule has 10 heteroatoms. The molecular weight excluding hydrogens is 390 g/mol. The highest BCUT2D eigenvalue weighted by atomic mass is 35.5. The summed E-state index contributed by atoms with van der Waals surface area (Å²) in [7, 11) is 0. The number of hydrogen-bond donors (Lipinski definition) is 1. The monoisotopic (exact) mass is 411 g/mol. The molecule has 0 radical (unpaired) electrons. The first-order valence-electron chi connectivity index (χ1n) is 8.89. The molecule has 2 rings (SSSR count). The standard InChI is InChI=1S/C18H22ClN3O6/c1-11-4-3-5-12(2)21(11)16(23)10-28-17(24)9-20-18(25)13-6-7-14(19)15(8-13)22(26)27/h6-8,11-12H,3-5,9-10H2,1-2H3,(H,20,25)/t11-,12-/m1/s1. The molecule has 9 nitrogen and oxygen atoms in total. The molecular formula is C18H22ClN3O6. The van der Waals surface area contributed by atoms with Crippen LogP contribution in [0, 0.1) is 10.1 Å². The van der Waals surface area contributed by atoms with Crippen molar-refractivity contribution in [1.82, 2.24) is 10.2 Å². The van der Waals surface area contributed by atoms with Crippen molar-refractivity contribution >= 4 is 35.1 Å². The summed E-state index contributed by atoms with van der Waals surface area (Å²) in [4.78, 5) is 48.1. The third kappa shape index (κ3) is 5.41. The highest BCUT2D eigenvalue weighted by Crippen LogP contribution is 2.25. The van der Waals surface area contributed by atoms with Crippen LogP contribution in [0.5, 0.6) is 0 Å². The lowest BCUT2D eigenvalue weighted by Gasteiger charge is -2.38. The zero-order valence-electron chi connectivity index (χ0n) is 15.6. The third-order valence-corrected chi connectivity index (χ3v) is 4.96. The zero-order chi connectivity index (χ0) is 20.8. The highest BCUT2D eigenvalue weighted by molar-refractivity contribution is 6.32. The number of carbonyl (C=O) groups excluding carboxylic acids is 3. The zero-order valence-corrected chi connectivity index (χ0v) is 16.4. The molecule has 1 aromatic rings. The van der Waals surface area contributed by atoms with Crippen LogP contribution >= 0.6 is 11.6 Å². The Morgan fingerprint density at radius 3 is 2.54 bits per heavy atom. The van der Waals surface area contributed by atoms with Crippen LogP contribution in [0.1, 0.15) is 43.5 Å². The van der Waals surface area contributed by atoms with Crippen LogP contribution < -0.4 is 5.32 Å². The van der Waals surface area contributed by atoms with Crippen molar-refractivity contribution in [1.29, 1.82) is 0 Å². The van der Waals surface area contributed by atoms with E-state index in [4.69, 9.17) is 16.3 Å². The second-order valence-electron chi connectivity index (χ2n) is 6.70. The van der Waals surface area contributed by atoms with E-state index in [2.05, 4.69) is 5.32 Å². The lowest BCUT2D eigenvalue weighted by molar-refractivity contribution is -0.384. The van der Waals surface area contributed by atoms with E-state index in [0.717, 1.165) is 25.3 Å². The van der Waals surface area contributed by atoms with E-state index in [9.17, 15) is 24.5 Å². The molecule has 1 aliphatic rings. The molecule has 2 atom stereocenters. The van der Waals surface area contributed by atoms with E-state index in [1.165, 1.54) is 12.1 Å². The molecule has 1 N–H and O–H groups in total. The van der Waals surface area contributed by atoms with Gasteiger partial charge < -0.3 is 15.0 Å². The quantitative estimate of drug-likeness (QED) is 0.436. The molecule has 1 aromatic carbocycles. The number of nitro groups is 1. The molecule has 28 heavy (non-hydrogen) atoms. The van der Waals surface area contributed by atoms with Crippen LogP contribution in [0.3, 0.4) is 0 Å². The van der Waals surface area contributed by atoms with Gasteiger partial charge in [0.1, 0.15) is 11.6 Å². The van der Waals surface area contributed by atoms with E-state index < -0.39 is 35.6 Å². The first-order valence-corrected chi connectivity index (χ1v) is 9.27.